The number of halogens is 2. The first kappa shape index (κ1) is 11.2. The molecule has 0 radical (unpaired) electrons. The second-order valence-corrected chi connectivity index (χ2v) is 4.80. The lowest BCUT2D eigenvalue weighted by Gasteiger charge is -2.19. The van der Waals surface area contributed by atoms with Gasteiger partial charge < -0.3 is 10.8 Å². The lowest BCUT2D eigenvalue weighted by molar-refractivity contribution is 0.144. The van der Waals surface area contributed by atoms with Crippen LogP contribution in [0.25, 0.3) is 0 Å². The summed E-state index contributed by atoms with van der Waals surface area (Å²) in [5.74, 6) is 0. The van der Waals surface area contributed by atoms with E-state index in [2.05, 4.69) is 0 Å². The third-order valence-electron chi connectivity index (χ3n) is 2.86. The molecule has 15 heavy (non-hydrogen) atoms. The van der Waals surface area contributed by atoms with E-state index in [-0.39, 0.29) is 6.04 Å². The van der Waals surface area contributed by atoms with Gasteiger partial charge in [-0.1, -0.05) is 23.2 Å². The van der Waals surface area contributed by atoms with E-state index >= 15 is 0 Å². The van der Waals surface area contributed by atoms with Gasteiger partial charge in [0.15, 0.2) is 0 Å². The number of aliphatic hydroxyl groups is 1. The Kier molecular flexibility index (Phi) is 3.21. The molecule has 1 aliphatic carbocycles. The molecule has 1 aromatic carbocycles. The molecule has 82 valence electrons. The van der Waals surface area contributed by atoms with Gasteiger partial charge in [-0.25, -0.2) is 0 Å². The molecule has 0 fully saturated rings. The molecule has 2 nitrogen and oxygen atoms in total. The lowest BCUT2D eigenvalue weighted by atomic mass is 9.99. The normalized spacial score (nSPS) is 25.9. The van der Waals surface area contributed by atoms with Crippen LogP contribution in [0.4, 0.5) is 0 Å². The van der Waals surface area contributed by atoms with Gasteiger partial charge in [-0.15, -0.1) is 0 Å². The van der Waals surface area contributed by atoms with Crippen LogP contribution in [0.15, 0.2) is 12.1 Å². The van der Waals surface area contributed by atoms with Crippen LogP contribution in [0.2, 0.25) is 10.0 Å². The van der Waals surface area contributed by atoms with Gasteiger partial charge in [-0.2, -0.15) is 0 Å². The number of fused-ring (bicyclic) bond motifs is 1. The van der Waals surface area contributed by atoms with Gasteiger partial charge in [0.25, 0.3) is 0 Å². The van der Waals surface area contributed by atoms with Gasteiger partial charge in [0.1, 0.15) is 0 Å². The van der Waals surface area contributed by atoms with Crippen LogP contribution in [0.1, 0.15) is 30.1 Å². The molecule has 0 aliphatic heterocycles. The van der Waals surface area contributed by atoms with Crippen LogP contribution < -0.4 is 5.73 Å². The van der Waals surface area contributed by atoms with E-state index in [0.717, 1.165) is 30.4 Å². The zero-order chi connectivity index (χ0) is 11.0. The number of aryl methyl sites for hydroxylation is 1. The monoisotopic (exact) mass is 245 g/mol. The van der Waals surface area contributed by atoms with Gasteiger partial charge >= 0.3 is 0 Å². The third-order valence-corrected chi connectivity index (χ3v) is 3.40. The summed E-state index contributed by atoms with van der Waals surface area (Å²) < 4.78 is 0. The maximum Gasteiger partial charge on any atom is 0.0957 e. The first-order chi connectivity index (χ1) is 7.09. The Morgan fingerprint density at radius 3 is 2.80 bits per heavy atom. The molecule has 0 saturated carbocycles. The van der Waals surface area contributed by atoms with E-state index in [1.165, 1.54) is 0 Å². The SMILES string of the molecule is NC1CCCc2cc(Cl)cc(Cl)c2C1O. The molecule has 4 heteroatoms. The average molecular weight is 246 g/mol. The van der Waals surface area contributed by atoms with Gasteiger partial charge in [-0.05, 0) is 37.0 Å². The van der Waals surface area contributed by atoms with Crippen molar-refractivity contribution in [3.8, 4) is 0 Å². The number of hydrogen-bond acceptors (Lipinski definition) is 2. The molecule has 0 bridgehead atoms. The van der Waals surface area contributed by atoms with Crippen LogP contribution in [0, 0.1) is 0 Å². The molecule has 1 aliphatic rings. The van der Waals surface area contributed by atoms with Gasteiger partial charge in [0.2, 0.25) is 0 Å². The van der Waals surface area contributed by atoms with E-state index in [4.69, 9.17) is 28.9 Å². The summed E-state index contributed by atoms with van der Waals surface area (Å²) in [6.45, 7) is 0. The molecular weight excluding hydrogens is 233 g/mol. The molecule has 0 saturated heterocycles. The number of aliphatic hydroxyl groups excluding tert-OH is 1. The Morgan fingerprint density at radius 1 is 1.33 bits per heavy atom. The largest absolute Gasteiger partial charge is 0.387 e. The van der Waals surface area contributed by atoms with E-state index in [1.807, 2.05) is 6.07 Å². The highest BCUT2D eigenvalue weighted by atomic mass is 35.5. The predicted molar refractivity (Wildman–Crippen MR) is 62.3 cm³/mol. The first-order valence-electron chi connectivity index (χ1n) is 5.01. The van der Waals surface area contributed by atoms with Gasteiger partial charge in [-0.3, -0.25) is 0 Å². The number of benzene rings is 1. The van der Waals surface area contributed by atoms with Crippen molar-refractivity contribution in [3.63, 3.8) is 0 Å². The van der Waals surface area contributed by atoms with Crippen molar-refractivity contribution in [1.29, 1.82) is 0 Å². The summed E-state index contributed by atoms with van der Waals surface area (Å²) in [5.41, 5.74) is 7.64. The number of nitrogens with two attached hydrogens (primary N) is 1. The molecule has 2 rings (SSSR count). The summed E-state index contributed by atoms with van der Waals surface area (Å²) in [4.78, 5) is 0. The quantitative estimate of drug-likeness (QED) is 0.691. The molecule has 3 N–H and O–H groups in total. The molecule has 2 atom stereocenters. The smallest absolute Gasteiger partial charge is 0.0957 e. The third kappa shape index (κ3) is 2.13. The minimum Gasteiger partial charge on any atom is -0.387 e. The van der Waals surface area contributed by atoms with E-state index in [0.29, 0.717) is 10.0 Å². The fourth-order valence-electron chi connectivity index (χ4n) is 2.08. The van der Waals surface area contributed by atoms with Gasteiger partial charge in [0.05, 0.1) is 6.10 Å². The van der Waals surface area contributed by atoms with Crippen LogP contribution >= 0.6 is 23.2 Å². The molecule has 2 unspecified atom stereocenters. The number of rotatable bonds is 0. The maximum atomic E-state index is 10.0. The van der Waals surface area contributed by atoms with E-state index < -0.39 is 6.10 Å². The van der Waals surface area contributed by atoms with Crippen LogP contribution in [-0.4, -0.2) is 11.1 Å². The summed E-state index contributed by atoms with van der Waals surface area (Å²) in [7, 11) is 0. The second-order valence-electron chi connectivity index (χ2n) is 3.96. The minimum absolute atomic E-state index is 0.232. The molecule has 0 spiro atoms. The highest BCUT2D eigenvalue weighted by Gasteiger charge is 2.25. The van der Waals surface area contributed by atoms with E-state index in [1.54, 1.807) is 6.07 Å². The van der Waals surface area contributed by atoms with Crippen molar-refractivity contribution in [1.82, 2.24) is 0 Å². The highest BCUT2D eigenvalue weighted by Crippen LogP contribution is 2.35. The van der Waals surface area contributed by atoms with Crippen molar-refractivity contribution in [2.75, 3.05) is 0 Å². The maximum absolute atomic E-state index is 10.0. The van der Waals surface area contributed by atoms with E-state index in [9.17, 15) is 5.11 Å². The summed E-state index contributed by atoms with van der Waals surface area (Å²) >= 11 is 12.0. The zero-order valence-electron chi connectivity index (χ0n) is 8.21. The molecule has 0 heterocycles. The summed E-state index contributed by atoms with van der Waals surface area (Å²) in [5, 5.41) is 11.2. The Hall–Kier alpha value is -0.280. The Bertz CT molecular complexity index is 381. The predicted octanol–water partition coefficient (Wildman–Crippen LogP) is 2.69. The Morgan fingerprint density at radius 2 is 2.07 bits per heavy atom. The zero-order valence-corrected chi connectivity index (χ0v) is 9.72. The second kappa shape index (κ2) is 4.30. The van der Waals surface area contributed by atoms with Crippen molar-refractivity contribution in [3.05, 3.63) is 33.3 Å². The summed E-state index contributed by atoms with van der Waals surface area (Å²) in [6, 6.07) is 3.29. The fourth-order valence-corrected chi connectivity index (χ4v) is 2.72. The molecular formula is C11H13Cl2NO. The average Bonchev–Trinajstić information content (AvgIpc) is 2.27. The standard InChI is InChI=1S/C11H13Cl2NO/c12-7-4-6-2-1-3-9(14)11(15)10(6)8(13)5-7/h4-5,9,11,15H,1-3,14H2. The van der Waals surface area contributed by atoms with Crippen molar-refractivity contribution >= 4 is 23.2 Å². The first-order valence-corrected chi connectivity index (χ1v) is 5.76. The Labute approximate surface area is 99.0 Å². The molecule has 0 amide bonds. The van der Waals surface area contributed by atoms with Crippen LogP contribution in [0.5, 0.6) is 0 Å². The van der Waals surface area contributed by atoms with Crippen molar-refractivity contribution in [2.45, 2.75) is 31.4 Å². The molecule has 1 aromatic rings. The van der Waals surface area contributed by atoms with Crippen molar-refractivity contribution < 1.29 is 5.11 Å². The fraction of sp³-hybridized carbons (Fsp3) is 0.455. The minimum atomic E-state index is -0.674. The molecule has 0 aromatic heterocycles. The van der Waals surface area contributed by atoms with Crippen LogP contribution in [-0.2, 0) is 6.42 Å². The van der Waals surface area contributed by atoms with Gasteiger partial charge in [0, 0.05) is 21.7 Å². The Balaban J connectivity index is 2.53. The topological polar surface area (TPSA) is 46.2 Å². The summed E-state index contributed by atoms with van der Waals surface area (Å²) in [6.07, 6.45) is 1.97. The highest BCUT2D eigenvalue weighted by molar-refractivity contribution is 6.35. The lowest BCUT2D eigenvalue weighted by Crippen LogP contribution is -2.27. The van der Waals surface area contributed by atoms with Crippen LogP contribution in [0.3, 0.4) is 0 Å². The van der Waals surface area contributed by atoms with Crippen molar-refractivity contribution in [2.24, 2.45) is 5.73 Å². The number of hydrogen-bond donors (Lipinski definition) is 2.